The molecule has 1 aliphatic heterocycles. The minimum absolute atomic E-state index is 0.0416. The maximum Gasteiger partial charge on any atom is 0.256 e. The molecule has 2 fully saturated rings. The van der Waals surface area contributed by atoms with Gasteiger partial charge in [0.15, 0.2) is 23.2 Å². The minimum atomic E-state index is -3.98. The maximum atomic E-state index is 13.3. The summed E-state index contributed by atoms with van der Waals surface area (Å²) in [5.41, 5.74) is 0.941. The molecule has 1 saturated carbocycles. The summed E-state index contributed by atoms with van der Waals surface area (Å²) in [7, 11) is -3.98. The number of fused-ring (bicyclic) bond motifs is 1. The standard InChI is InChI=1S/C24H28FN9O6S/c25-13-5-7-16(8-6-13)41(38,39)28-10-15-9-27-32-34(15)24-30-21(29-14-3-1-2-4-14)18-22(31-24)33(12-26-18)23-20(37)19(36)17(11-35)40-23/h5-9,12,14,17,19-20,23,28,35-37H,1-4,10-11H2,(H,29,30,31)/t17-,19-,20-,23?/m1/s1. The minimum Gasteiger partial charge on any atom is -0.394 e. The van der Waals surface area contributed by atoms with Crippen LogP contribution in [0, 0.1) is 5.82 Å². The Kier molecular flexibility index (Phi) is 7.39. The van der Waals surface area contributed by atoms with Gasteiger partial charge in [0.2, 0.25) is 10.0 Å². The van der Waals surface area contributed by atoms with Gasteiger partial charge >= 0.3 is 0 Å². The second kappa shape index (κ2) is 11.0. The van der Waals surface area contributed by atoms with Gasteiger partial charge in [0.05, 0.1) is 36.3 Å². The average Bonchev–Trinajstić information content (AvgIpc) is 3.76. The number of aliphatic hydroxyl groups is 3. The Bertz CT molecular complexity index is 1640. The van der Waals surface area contributed by atoms with Crippen LogP contribution >= 0.6 is 0 Å². The summed E-state index contributed by atoms with van der Waals surface area (Å²) in [5, 5.41) is 41.8. The Morgan fingerprint density at radius 1 is 1.10 bits per heavy atom. The SMILES string of the molecule is O=S(=O)(NCc1cnnn1-c1nc(NC2CCCC2)c2ncn(C3O[C@H](CO)[C@@H](O)[C@H]3O)c2n1)c1ccc(F)cc1. The lowest BCUT2D eigenvalue weighted by Gasteiger charge is -2.18. The van der Waals surface area contributed by atoms with Crippen molar-refractivity contribution in [2.24, 2.45) is 0 Å². The molecule has 1 unspecified atom stereocenters. The molecule has 0 radical (unpaired) electrons. The average molecular weight is 590 g/mol. The molecule has 4 aromatic rings. The van der Waals surface area contributed by atoms with E-state index in [4.69, 9.17) is 4.74 Å². The first-order valence-corrected chi connectivity index (χ1v) is 14.5. The van der Waals surface area contributed by atoms with Crippen molar-refractivity contribution in [2.45, 2.75) is 67.7 Å². The number of hydrogen-bond donors (Lipinski definition) is 5. The monoisotopic (exact) mass is 589 g/mol. The van der Waals surface area contributed by atoms with Crippen molar-refractivity contribution in [1.82, 2.24) is 39.2 Å². The predicted molar refractivity (Wildman–Crippen MR) is 140 cm³/mol. The van der Waals surface area contributed by atoms with Gasteiger partial charge in [0.1, 0.15) is 24.1 Å². The molecule has 0 amide bonds. The van der Waals surface area contributed by atoms with Gasteiger partial charge in [-0.1, -0.05) is 18.1 Å². The first-order valence-electron chi connectivity index (χ1n) is 13.0. The van der Waals surface area contributed by atoms with Crippen LogP contribution in [0.25, 0.3) is 17.1 Å². The van der Waals surface area contributed by atoms with Crippen LogP contribution in [-0.4, -0.2) is 89.2 Å². The number of rotatable bonds is 9. The number of ether oxygens (including phenoxy) is 1. The normalized spacial score (nSPS) is 23.5. The van der Waals surface area contributed by atoms with Gasteiger partial charge in [-0.05, 0) is 37.1 Å². The third-order valence-electron chi connectivity index (χ3n) is 7.27. The molecule has 4 atom stereocenters. The summed E-state index contributed by atoms with van der Waals surface area (Å²) in [4.78, 5) is 13.6. The van der Waals surface area contributed by atoms with Crippen LogP contribution in [-0.2, 0) is 21.3 Å². The fourth-order valence-electron chi connectivity index (χ4n) is 5.07. The third-order valence-corrected chi connectivity index (χ3v) is 8.69. The summed E-state index contributed by atoms with van der Waals surface area (Å²) in [5.74, 6) is -0.118. The number of aliphatic hydroxyl groups excluding tert-OH is 3. The molecular formula is C24H28FN9O6S. The Labute approximate surface area is 233 Å². The van der Waals surface area contributed by atoms with Crippen molar-refractivity contribution < 1.29 is 32.9 Å². The Morgan fingerprint density at radius 2 is 1.85 bits per heavy atom. The number of nitrogens with one attached hydrogen (secondary N) is 2. The van der Waals surface area contributed by atoms with Crippen LogP contribution in [0.2, 0.25) is 0 Å². The molecule has 41 heavy (non-hydrogen) atoms. The zero-order chi connectivity index (χ0) is 28.7. The van der Waals surface area contributed by atoms with E-state index in [2.05, 4.69) is 35.3 Å². The zero-order valence-corrected chi connectivity index (χ0v) is 22.4. The highest BCUT2D eigenvalue weighted by molar-refractivity contribution is 7.89. The molecule has 1 saturated heterocycles. The molecule has 0 spiro atoms. The fourth-order valence-corrected chi connectivity index (χ4v) is 6.07. The van der Waals surface area contributed by atoms with E-state index in [1.165, 1.54) is 21.8 Å². The van der Waals surface area contributed by atoms with Crippen molar-refractivity contribution >= 4 is 27.0 Å². The van der Waals surface area contributed by atoms with Crippen molar-refractivity contribution in [3.63, 3.8) is 0 Å². The number of nitrogens with zero attached hydrogens (tertiary/aromatic N) is 7. The Balaban J connectivity index is 1.36. The lowest BCUT2D eigenvalue weighted by Crippen LogP contribution is -2.33. The van der Waals surface area contributed by atoms with Crippen molar-refractivity contribution in [2.75, 3.05) is 11.9 Å². The first-order chi connectivity index (χ1) is 19.7. The lowest BCUT2D eigenvalue weighted by atomic mass is 10.1. The largest absolute Gasteiger partial charge is 0.394 e. The van der Waals surface area contributed by atoms with E-state index in [1.807, 2.05) is 0 Å². The molecular weight excluding hydrogens is 561 g/mol. The Morgan fingerprint density at radius 3 is 2.56 bits per heavy atom. The summed E-state index contributed by atoms with van der Waals surface area (Å²) < 4.78 is 49.6. The van der Waals surface area contributed by atoms with Crippen LogP contribution in [0.3, 0.4) is 0 Å². The van der Waals surface area contributed by atoms with Gasteiger partial charge in [-0.2, -0.15) is 14.6 Å². The van der Waals surface area contributed by atoms with Crippen LogP contribution in [0.15, 0.2) is 41.7 Å². The second-order valence-corrected chi connectivity index (χ2v) is 11.7. The van der Waals surface area contributed by atoms with Gasteiger partial charge in [0, 0.05) is 6.04 Å². The maximum absolute atomic E-state index is 13.3. The number of aromatic nitrogens is 7. The summed E-state index contributed by atoms with van der Waals surface area (Å²) >= 11 is 0. The third kappa shape index (κ3) is 5.27. The van der Waals surface area contributed by atoms with E-state index < -0.39 is 47.0 Å². The fraction of sp³-hybridized carbons (Fsp3) is 0.458. The molecule has 4 heterocycles. The number of anilines is 1. The second-order valence-electron chi connectivity index (χ2n) is 9.97. The molecule has 1 aromatic carbocycles. The summed E-state index contributed by atoms with van der Waals surface area (Å²) in [6, 6.07) is 4.57. The van der Waals surface area contributed by atoms with Crippen LogP contribution in [0.1, 0.15) is 37.6 Å². The highest BCUT2D eigenvalue weighted by atomic mass is 32.2. The van der Waals surface area contributed by atoms with E-state index in [9.17, 15) is 28.1 Å². The number of hydrogen-bond acceptors (Lipinski definition) is 12. The molecule has 15 nitrogen and oxygen atoms in total. The molecule has 6 rings (SSSR count). The molecule has 17 heteroatoms. The highest BCUT2D eigenvalue weighted by Crippen LogP contribution is 2.33. The van der Waals surface area contributed by atoms with Crippen LogP contribution in [0.4, 0.5) is 10.2 Å². The quantitative estimate of drug-likeness (QED) is 0.175. The molecule has 3 aromatic heterocycles. The summed E-state index contributed by atoms with van der Waals surface area (Å²) in [6.07, 6.45) is 2.00. The van der Waals surface area contributed by atoms with Gasteiger partial charge in [-0.25, -0.2) is 22.5 Å². The Hall–Kier alpha value is -3.61. The van der Waals surface area contributed by atoms with E-state index in [0.29, 0.717) is 17.0 Å². The number of imidazole rings is 1. The predicted octanol–water partition coefficient (Wildman–Crippen LogP) is -0.00940. The topological polar surface area (TPSA) is 202 Å². The van der Waals surface area contributed by atoms with Gasteiger partial charge < -0.3 is 25.4 Å². The van der Waals surface area contributed by atoms with Gasteiger partial charge in [-0.3, -0.25) is 4.57 Å². The van der Waals surface area contributed by atoms with E-state index in [0.717, 1.165) is 49.9 Å². The van der Waals surface area contributed by atoms with Crippen molar-refractivity contribution in [1.29, 1.82) is 0 Å². The summed E-state index contributed by atoms with van der Waals surface area (Å²) in [6.45, 7) is -0.722. The van der Waals surface area contributed by atoms with Crippen LogP contribution in [0.5, 0.6) is 0 Å². The molecule has 1 aliphatic carbocycles. The molecule has 0 bridgehead atoms. The number of sulfonamides is 1. The molecule has 218 valence electrons. The first kappa shape index (κ1) is 27.6. The van der Waals surface area contributed by atoms with Crippen LogP contribution < -0.4 is 10.0 Å². The highest BCUT2D eigenvalue weighted by Gasteiger charge is 2.44. The molecule has 2 aliphatic rings. The zero-order valence-electron chi connectivity index (χ0n) is 21.6. The smallest absolute Gasteiger partial charge is 0.256 e. The van der Waals surface area contributed by atoms with E-state index in [-0.39, 0.29) is 29.1 Å². The molecule has 5 N–H and O–H groups in total. The number of benzene rings is 1. The van der Waals surface area contributed by atoms with Crippen molar-refractivity contribution in [3.8, 4) is 5.95 Å². The van der Waals surface area contributed by atoms with Crippen molar-refractivity contribution in [3.05, 3.63) is 48.3 Å². The van der Waals surface area contributed by atoms with E-state index >= 15 is 0 Å². The number of halogens is 1. The van der Waals surface area contributed by atoms with Gasteiger partial charge in [-0.15, -0.1) is 5.10 Å². The lowest BCUT2D eigenvalue weighted by molar-refractivity contribution is -0.0511. The van der Waals surface area contributed by atoms with Gasteiger partial charge in [0.25, 0.3) is 5.95 Å². The van der Waals surface area contributed by atoms with E-state index in [1.54, 1.807) is 0 Å².